The lowest BCUT2D eigenvalue weighted by Gasteiger charge is -2.15. The molecule has 2 N–H and O–H groups in total. The second-order valence-electron chi connectivity index (χ2n) is 4.63. The number of sulfonamides is 2. The molecular formula is C11H15N3O6S3. The van der Waals surface area contributed by atoms with E-state index in [4.69, 9.17) is 4.74 Å². The Kier molecular flexibility index (Phi) is 5.08. The minimum absolute atomic E-state index is 0.0274. The van der Waals surface area contributed by atoms with E-state index in [9.17, 15) is 21.6 Å². The summed E-state index contributed by atoms with van der Waals surface area (Å²) in [6.07, 6.45) is 0.690. The summed E-state index contributed by atoms with van der Waals surface area (Å²) < 4.78 is 57.4. The summed E-state index contributed by atoms with van der Waals surface area (Å²) in [5.74, 6) is -0.617. The SMILES string of the molecule is CCOC(=O)CC1=NS(=O)(=O)c2c(CNS(C)(=O)=O)csc2N1. The molecule has 0 amide bonds. The van der Waals surface area contributed by atoms with E-state index in [0.29, 0.717) is 10.6 Å². The number of hydrogen-bond acceptors (Lipinski definition) is 8. The third-order valence-electron chi connectivity index (χ3n) is 2.70. The molecule has 0 aromatic carbocycles. The predicted octanol–water partition coefficient (Wildman–Crippen LogP) is 0.263. The third-order valence-corrected chi connectivity index (χ3v) is 5.89. The Morgan fingerprint density at radius 3 is 2.78 bits per heavy atom. The molecule has 9 nitrogen and oxygen atoms in total. The van der Waals surface area contributed by atoms with E-state index < -0.39 is 26.0 Å². The van der Waals surface area contributed by atoms with E-state index in [1.807, 2.05) is 0 Å². The minimum atomic E-state index is -4.01. The van der Waals surface area contributed by atoms with E-state index in [-0.39, 0.29) is 30.3 Å². The largest absolute Gasteiger partial charge is 0.466 e. The maximum atomic E-state index is 12.3. The number of rotatable bonds is 6. The zero-order chi connectivity index (χ0) is 17.3. The topological polar surface area (TPSA) is 131 Å². The smallest absolute Gasteiger partial charge is 0.313 e. The molecule has 0 bridgehead atoms. The minimum Gasteiger partial charge on any atom is -0.466 e. The number of ether oxygens (including phenoxy) is 1. The van der Waals surface area contributed by atoms with Crippen molar-refractivity contribution in [3.05, 3.63) is 10.9 Å². The molecule has 23 heavy (non-hydrogen) atoms. The van der Waals surface area contributed by atoms with E-state index in [1.54, 1.807) is 6.92 Å². The first-order valence-electron chi connectivity index (χ1n) is 6.44. The van der Waals surface area contributed by atoms with Crippen LogP contribution in [-0.2, 0) is 36.1 Å². The molecule has 0 fully saturated rings. The summed E-state index contributed by atoms with van der Waals surface area (Å²) in [6, 6.07) is 0. The van der Waals surface area contributed by atoms with E-state index in [1.165, 1.54) is 5.38 Å². The molecule has 0 aliphatic carbocycles. The molecule has 1 aromatic heterocycles. The molecular weight excluding hydrogens is 366 g/mol. The first-order chi connectivity index (χ1) is 10.6. The normalized spacial score (nSPS) is 16.2. The number of esters is 1. The second-order valence-corrected chi connectivity index (χ2v) is 8.89. The lowest BCUT2D eigenvalue weighted by Crippen LogP contribution is -2.26. The molecule has 0 saturated carbocycles. The summed E-state index contributed by atoms with van der Waals surface area (Å²) in [7, 11) is -7.47. The fraction of sp³-hybridized carbons (Fsp3) is 0.455. The highest BCUT2D eigenvalue weighted by Gasteiger charge is 2.31. The van der Waals surface area contributed by atoms with Crippen molar-refractivity contribution in [2.45, 2.75) is 24.8 Å². The van der Waals surface area contributed by atoms with Crippen LogP contribution >= 0.6 is 11.3 Å². The standard InChI is InChI=1S/C11H15N3O6S3/c1-3-20-9(15)4-8-13-11-10(23(18,19)14-8)7(6-21-11)5-12-22(2,16)17/h6,12H,3-5H2,1-2H3,(H,13,14). The van der Waals surface area contributed by atoms with Gasteiger partial charge in [0.25, 0.3) is 10.0 Å². The maximum Gasteiger partial charge on any atom is 0.313 e. The molecule has 1 aromatic rings. The Balaban J connectivity index is 2.26. The van der Waals surface area contributed by atoms with Crippen LogP contribution in [0.4, 0.5) is 5.00 Å². The molecule has 0 radical (unpaired) electrons. The molecule has 1 aliphatic rings. The molecule has 0 spiro atoms. The molecule has 1 aliphatic heterocycles. The number of nitrogens with one attached hydrogen (secondary N) is 2. The summed E-state index contributed by atoms with van der Waals surface area (Å²) >= 11 is 1.09. The quantitative estimate of drug-likeness (QED) is 0.676. The molecule has 0 unspecified atom stereocenters. The highest BCUT2D eigenvalue weighted by Crippen LogP contribution is 2.36. The number of amidine groups is 1. The Morgan fingerprint density at radius 1 is 1.48 bits per heavy atom. The summed E-state index contributed by atoms with van der Waals surface area (Å²) in [6.45, 7) is 1.67. The van der Waals surface area contributed by atoms with Crippen molar-refractivity contribution in [3.63, 3.8) is 0 Å². The Bertz CT molecular complexity index is 854. The van der Waals surface area contributed by atoms with Gasteiger partial charge < -0.3 is 10.1 Å². The van der Waals surface area contributed by atoms with Crippen LogP contribution in [0.15, 0.2) is 14.7 Å². The number of anilines is 1. The van der Waals surface area contributed by atoms with Gasteiger partial charge in [0.1, 0.15) is 22.2 Å². The van der Waals surface area contributed by atoms with Crippen molar-refractivity contribution in [3.8, 4) is 0 Å². The number of fused-ring (bicyclic) bond motifs is 1. The van der Waals surface area contributed by atoms with Gasteiger partial charge >= 0.3 is 5.97 Å². The van der Waals surface area contributed by atoms with Crippen LogP contribution in [0.3, 0.4) is 0 Å². The number of hydrogen-bond donors (Lipinski definition) is 2. The van der Waals surface area contributed by atoms with Crippen molar-refractivity contribution in [2.75, 3.05) is 18.2 Å². The molecule has 2 heterocycles. The van der Waals surface area contributed by atoms with Crippen LogP contribution in [-0.4, -0.2) is 41.5 Å². The summed E-state index contributed by atoms with van der Waals surface area (Å²) in [5.41, 5.74) is 0.293. The van der Waals surface area contributed by atoms with Gasteiger partial charge in [0.05, 0.1) is 12.9 Å². The Hall–Kier alpha value is -1.50. The van der Waals surface area contributed by atoms with Gasteiger partial charge in [-0.25, -0.2) is 13.1 Å². The molecule has 0 atom stereocenters. The monoisotopic (exact) mass is 381 g/mol. The van der Waals surface area contributed by atoms with E-state index in [2.05, 4.69) is 14.4 Å². The fourth-order valence-corrected chi connectivity index (χ4v) is 4.92. The maximum absolute atomic E-state index is 12.3. The zero-order valence-electron chi connectivity index (χ0n) is 12.3. The Labute approximate surface area is 137 Å². The van der Waals surface area contributed by atoms with Gasteiger partial charge in [-0.1, -0.05) is 0 Å². The molecule has 12 heteroatoms. The number of thiophene rings is 1. The van der Waals surface area contributed by atoms with Crippen molar-refractivity contribution in [1.29, 1.82) is 0 Å². The van der Waals surface area contributed by atoms with Crippen LogP contribution in [0.1, 0.15) is 18.9 Å². The average molecular weight is 381 g/mol. The highest BCUT2D eigenvalue weighted by atomic mass is 32.2. The molecule has 128 valence electrons. The van der Waals surface area contributed by atoms with Gasteiger partial charge in [0.2, 0.25) is 10.0 Å². The summed E-state index contributed by atoms with van der Waals surface area (Å²) in [5, 5.41) is 4.59. The first-order valence-corrected chi connectivity index (χ1v) is 10.6. The van der Waals surface area contributed by atoms with E-state index in [0.717, 1.165) is 17.6 Å². The zero-order valence-corrected chi connectivity index (χ0v) is 14.8. The van der Waals surface area contributed by atoms with Gasteiger partial charge in [0, 0.05) is 12.1 Å². The number of carbonyl (C=O) groups excluding carboxylic acids is 1. The fourth-order valence-electron chi connectivity index (χ4n) is 1.85. The second kappa shape index (κ2) is 6.55. The van der Waals surface area contributed by atoms with Crippen molar-refractivity contribution < 1.29 is 26.4 Å². The summed E-state index contributed by atoms with van der Waals surface area (Å²) in [4.78, 5) is 11.4. The van der Waals surface area contributed by atoms with Crippen LogP contribution in [0.2, 0.25) is 0 Å². The van der Waals surface area contributed by atoms with Gasteiger partial charge in [-0.15, -0.1) is 15.7 Å². The third kappa shape index (κ3) is 4.50. The van der Waals surface area contributed by atoms with Gasteiger partial charge in [0.15, 0.2) is 0 Å². The number of nitrogens with zero attached hydrogens (tertiary/aromatic N) is 1. The number of carbonyl (C=O) groups is 1. The lowest BCUT2D eigenvalue weighted by atomic mass is 10.3. The molecule has 2 rings (SSSR count). The van der Waals surface area contributed by atoms with Crippen LogP contribution in [0.25, 0.3) is 0 Å². The first kappa shape index (κ1) is 17.8. The van der Waals surface area contributed by atoms with Crippen molar-refractivity contribution in [1.82, 2.24) is 4.72 Å². The van der Waals surface area contributed by atoms with Crippen molar-refractivity contribution >= 4 is 48.2 Å². The molecule has 0 saturated heterocycles. The van der Waals surface area contributed by atoms with E-state index >= 15 is 0 Å². The van der Waals surface area contributed by atoms with Crippen LogP contribution in [0, 0.1) is 0 Å². The van der Waals surface area contributed by atoms with Crippen molar-refractivity contribution in [2.24, 2.45) is 4.40 Å². The van der Waals surface area contributed by atoms with Crippen LogP contribution in [0.5, 0.6) is 0 Å². The van der Waals surface area contributed by atoms with Gasteiger partial charge in [-0.3, -0.25) is 4.79 Å². The Morgan fingerprint density at radius 2 is 2.17 bits per heavy atom. The predicted molar refractivity (Wildman–Crippen MR) is 85.5 cm³/mol. The highest BCUT2D eigenvalue weighted by molar-refractivity contribution is 7.91. The van der Waals surface area contributed by atoms with Gasteiger partial charge in [-0.2, -0.15) is 8.42 Å². The van der Waals surface area contributed by atoms with Crippen LogP contribution < -0.4 is 10.0 Å². The lowest BCUT2D eigenvalue weighted by molar-refractivity contribution is -0.141. The average Bonchev–Trinajstić information content (AvgIpc) is 2.79. The van der Waals surface area contributed by atoms with Gasteiger partial charge in [-0.05, 0) is 12.3 Å².